The van der Waals surface area contributed by atoms with Crippen molar-refractivity contribution in [3.8, 4) is 0 Å². The molecule has 2 atom stereocenters. The summed E-state index contributed by atoms with van der Waals surface area (Å²) in [6.45, 7) is 3.58. The van der Waals surface area contributed by atoms with Crippen LogP contribution in [0.25, 0.3) is 0 Å². The molecule has 21 heavy (non-hydrogen) atoms. The van der Waals surface area contributed by atoms with Crippen LogP contribution < -0.4 is 5.32 Å². The summed E-state index contributed by atoms with van der Waals surface area (Å²) >= 11 is 0. The molecule has 0 aliphatic carbocycles. The van der Waals surface area contributed by atoms with E-state index in [1.807, 2.05) is 6.92 Å². The maximum Gasteiger partial charge on any atom is 0.329 e. The summed E-state index contributed by atoms with van der Waals surface area (Å²) in [6.07, 6.45) is 3.84. The minimum atomic E-state index is -3.48. The third-order valence-electron chi connectivity index (χ3n) is 3.80. The molecule has 0 aromatic rings. The van der Waals surface area contributed by atoms with E-state index in [1.54, 1.807) is 0 Å². The summed E-state index contributed by atoms with van der Waals surface area (Å²) in [5.41, 5.74) is -1.37. The van der Waals surface area contributed by atoms with Crippen molar-refractivity contribution in [1.29, 1.82) is 0 Å². The number of hydrogen-bond acceptors (Lipinski definition) is 4. The molecule has 1 fully saturated rings. The number of amides is 1. The maximum absolute atomic E-state index is 12.4. The number of carboxylic acids is 1. The number of nitrogens with one attached hydrogen (secondary N) is 1. The lowest BCUT2D eigenvalue weighted by molar-refractivity contribution is -0.148. The Morgan fingerprint density at radius 2 is 2.00 bits per heavy atom. The second kappa shape index (κ2) is 6.74. The smallest absolute Gasteiger partial charge is 0.329 e. The van der Waals surface area contributed by atoms with Crippen molar-refractivity contribution in [2.24, 2.45) is 0 Å². The molecule has 2 unspecified atom stereocenters. The lowest BCUT2D eigenvalue weighted by Gasteiger charge is -2.35. The molecular weight excluding hydrogens is 296 g/mol. The molecule has 1 aliphatic rings. The van der Waals surface area contributed by atoms with E-state index in [4.69, 9.17) is 0 Å². The number of aliphatic carboxylic acids is 1. The first-order valence-electron chi connectivity index (χ1n) is 7.14. The van der Waals surface area contributed by atoms with E-state index in [-0.39, 0.29) is 0 Å². The van der Waals surface area contributed by atoms with Crippen LogP contribution in [0.1, 0.15) is 46.0 Å². The topological polar surface area (TPSA) is 104 Å². The maximum atomic E-state index is 12.4. The first-order valence-corrected chi connectivity index (χ1v) is 8.99. The highest BCUT2D eigenvalue weighted by Crippen LogP contribution is 2.22. The molecule has 2 N–H and O–H groups in total. The first kappa shape index (κ1) is 17.9. The molecule has 0 aromatic carbocycles. The molecule has 8 heteroatoms. The van der Waals surface area contributed by atoms with Crippen LogP contribution in [0.3, 0.4) is 0 Å². The average molecular weight is 320 g/mol. The van der Waals surface area contributed by atoms with Gasteiger partial charge >= 0.3 is 5.97 Å². The number of carbonyl (C=O) groups is 2. The van der Waals surface area contributed by atoms with Gasteiger partial charge in [-0.1, -0.05) is 19.8 Å². The van der Waals surface area contributed by atoms with Gasteiger partial charge in [0.2, 0.25) is 15.9 Å². The van der Waals surface area contributed by atoms with E-state index >= 15 is 0 Å². The Balaban J connectivity index is 2.92. The van der Waals surface area contributed by atoms with Gasteiger partial charge in [0.05, 0.1) is 6.26 Å². The van der Waals surface area contributed by atoms with Gasteiger partial charge in [-0.25, -0.2) is 13.2 Å². The Hall–Kier alpha value is -1.15. The molecule has 1 saturated heterocycles. The van der Waals surface area contributed by atoms with Gasteiger partial charge < -0.3 is 10.4 Å². The van der Waals surface area contributed by atoms with E-state index in [0.717, 1.165) is 12.7 Å². The van der Waals surface area contributed by atoms with Crippen LogP contribution in [-0.4, -0.2) is 54.1 Å². The third-order valence-corrected chi connectivity index (χ3v) is 5.09. The number of sulfonamides is 1. The number of piperidine rings is 1. The van der Waals surface area contributed by atoms with Crippen LogP contribution in [-0.2, 0) is 19.6 Å². The quantitative estimate of drug-likeness (QED) is 0.744. The highest BCUT2D eigenvalue weighted by Gasteiger charge is 2.40. The van der Waals surface area contributed by atoms with Crippen molar-refractivity contribution in [2.75, 3.05) is 12.8 Å². The van der Waals surface area contributed by atoms with E-state index in [9.17, 15) is 23.1 Å². The zero-order valence-electron chi connectivity index (χ0n) is 12.8. The average Bonchev–Trinajstić information content (AvgIpc) is 2.37. The SMILES string of the molecule is CCCC(C)(NC(=O)C1CCCCN1S(C)(=O)=O)C(=O)O. The van der Waals surface area contributed by atoms with Gasteiger partial charge in [-0.3, -0.25) is 4.79 Å². The molecule has 1 heterocycles. The highest BCUT2D eigenvalue weighted by molar-refractivity contribution is 7.88. The Labute approximate surface area is 125 Å². The zero-order valence-corrected chi connectivity index (χ0v) is 13.6. The Morgan fingerprint density at radius 1 is 1.38 bits per heavy atom. The molecule has 122 valence electrons. The van der Waals surface area contributed by atoms with Crippen LogP contribution in [0.4, 0.5) is 0 Å². The van der Waals surface area contributed by atoms with Crippen LogP contribution in [0.15, 0.2) is 0 Å². The highest BCUT2D eigenvalue weighted by atomic mass is 32.2. The Morgan fingerprint density at radius 3 is 2.48 bits per heavy atom. The minimum absolute atomic E-state index is 0.291. The van der Waals surface area contributed by atoms with Gasteiger partial charge in [-0.05, 0) is 26.2 Å². The molecule has 0 saturated carbocycles. The van der Waals surface area contributed by atoms with Crippen molar-refractivity contribution in [3.63, 3.8) is 0 Å². The van der Waals surface area contributed by atoms with E-state index in [1.165, 1.54) is 11.2 Å². The van der Waals surface area contributed by atoms with Crippen molar-refractivity contribution in [1.82, 2.24) is 9.62 Å². The molecule has 1 rings (SSSR count). The fourth-order valence-corrected chi connectivity index (χ4v) is 3.77. The number of carbonyl (C=O) groups excluding carboxylic acids is 1. The standard InChI is InChI=1S/C13H24N2O5S/c1-4-8-13(2,12(17)18)14-11(16)10-7-5-6-9-15(10)21(3,19)20/h10H,4-9H2,1-3H3,(H,14,16)(H,17,18). The zero-order chi connectivity index (χ0) is 16.3. The summed E-state index contributed by atoms with van der Waals surface area (Å²) < 4.78 is 24.7. The van der Waals surface area contributed by atoms with Gasteiger partial charge in [0.1, 0.15) is 11.6 Å². The second-order valence-corrected chi connectivity index (χ2v) is 7.70. The number of hydrogen-bond donors (Lipinski definition) is 2. The fraction of sp³-hybridized carbons (Fsp3) is 0.846. The normalized spacial score (nSPS) is 23.3. The second-order valence-electron chi connectivity index (χ2n) is 5.76. The molecule has 7 nitrogen and oxygen atoms in total. The number of nitrogens with zero attached hydrogens (tertiary/aromatic N) is 1. The molecule has 0 radical (unpaired) electrons. The summed E-state index contributed by atoms with van der Waals surface area (Å²) in [5, 5.41) is 11.8. The van der Waals surface area contributed by atoms with Gasteiger partial charge in [0.15, 0.2) is 0 Å². The molecule has 0 aromatic heterocycles. The van der Waals surface area contributed by atoms with Crippen molar-refractivity contribution >= 4 is 21.9 Å². The molecular formula is C13H24N2O5S. The van der Waals surface area contributed by atoms with Crippen LogP contribution in [0.5, 0.6) is 0 Å². The van der Waals surface area contributed by atoms with Gasteiger partial charge in [0, 0.05) is 6.54 Å². The first-order chi connectivity index (χ1) is 9.62. The number of carboxylic acid groups (broad SMARTS) is 1. The van der Waals surface area contributed by atoms with Gasteiger partial charge in [-0.2, -0.15) is 4.31 Å². The summed E-state index contributed by atoms with van der Waals surface area (Å²) in [4.78, 5) is 23.7. The van der Waals surface area contributed by atoms with Gasteiger partial charge in [-0.15, -0.1) is 0 Å². The monoisotopic (exact) mass is 320 g/mol. The van der Waals surface area contributed by atoms with Crippen LogP contribution in [0.2, 0.25) is 0 Å². The Bertz CT molecular complexity index is 505. The molecule has 0 bridgehead atoms. The van der Waals surface area contributed by atoms with E-state index < -0.39 is 33.5 Å². The molecule has 0 spiro atoms. The Kier molecular flexibility index (Phi) is 5.75. The van der Waals surface area contributed by atoms with Crippen molar-refractivity contribution < 1.29 is 23.1 Å². The lowest BCUT2D eigenvalue weighted by Crippen LogP contribution is -2.59. The van der Waals surface area contributed by atoms with Crippen LogP contribution in [0, 0.1) is 0 Å². The van der Waals surface area contributed by atoms with Crippen molar-refractivity contribution in [3.05, 3.63) is 0 Å². The summed E-state index contributed by atoms with van der Waals surface area (Å²) in [7, 11) is -3.48. The fourth-order valence-electron chi connectivity index (χ4n) is 2.64. The van der Waals surface area contributed by atoms with E-state index in [0.29, 0.717) is 32.2 Å². The summed E-state index contributed by atoms with van der Waals surface area (Å²) in [6, 6.07) is -0.815. The predicted molar refractivity (Wildman–Crippen MR) is 78.3 cm³/mol. The largest absolute Gasteiger partial charge is 0.480 e. The van der Waals surface area contributed by atoms with E-state index in [2.05, 4.69) is 5.32 Å². The minimum Gasteiger partial charge on any atom is -0.480 e. The summed E-state index contributed by atoms with van der Waals surface area (Å²) in [5.74, 6) is -1.64. The third kappa shape index (κ3) is 4.41. The van der Waals surface area contributed by atoms with Crippen LogP contribution >= 0.6 is 0 Å². The predicted octanol–water partition coefficient (Wildman–Crippen LogP) is 0.560. The molecule has 1 aliphatic heterocycles. The number of rotatable bonds is 6. The molecule has 1 amide bonds. The van der Waals surface area contributed by atoms with Gasteiger partial charge in [0.25, 0.3) is 0 Å². The van der Waals surface area contributed by atoms with Crippen molar-refractivity contribution in [2.45, 2.75) is 57.5 Å². The lowest BCUT2D eigenvalue weighted by atomic mass is 9.95.